The lowest BCUT2D eigenvalue weighted by molar-refractivity contribution is -0.274. The van der Waals surface area contributed by atoms with E-state index in [1.165, 1.54) is 18.2 Å². The van der Waals surface area contributed by atoms with Crippen LogP contribution in [-0.4, -0.2) is 26.7 Å². The van der Waals surface area contributed by atoms with Gasteiger partial charge in [-0.25, -0.2) is 8.42 Å². The van der Waals surface area contributed by atoms with Crippen molar-refractivity contribution in [2.45, 2.75) is 31.1 Å². The molecule has 0 fully saturated rings. The molecule has 6 nitrogen and oxygen atoms in total. The van der Waals surface area contributed by atoms with E-state index in [1.54, 1.807) is 13.8 Å². The van der Waals surface area contributed by atoms with E-state index in [1.807, 2.05) is 0 Å². The average molecular weight is 437 g/mol. The van der Waals surface area contributed by atoms with Gasteiger partial charge in [0.05, 0.1) is 15.6 Å². The maximum absolute atomic E-state index is 12.5. The first-order chi connectivity index (χ1) is 12.9. The molecule has 28 heavy (non-hydrogen) atoms. The van der Waals surface area contributed by atoms with Crippen LogP contribution in [0.5, 0.6) is 5.75 Å². The SMILES string of the molecule is CC(C)NC(=O)c1ccc(Cl)c(NS(=O)(=O)c2cccc(OC(F)(F)F)c2)c1. The summed E-state index contributed by atoms with van der Waals surface area (Å²) in [5.74, 6) is -1.13. The third-order valence-electron chi connectivity index (χ3n) is 3.24. The van der Waals surface area contributed by atoms with Crippen molar-refractivity contribution in [3.8, 4) is 5.75 Å². The molecule has 2 rings (SSSR count). The van der Waals surface area contributed by atoms with Gasteiger partial charge in [0, 0.05) is 17.7 Å². The van der Waals surface area contributed by atoms with Gasteiger partial charge in [0.15, 0.2) is 0 Å². The molecule has 1 amide bonds. The van der Waals surface area contributed by atoms with Crippen LogP contribution in [0, 0.1) is 0 Å². The van der Waals surface area contributed by atoms with Crippen LogP contribution in [0.25, 0.3) is 0 Å². The quantitative estimate of drug-likeness (QED) is 0.711. The van der Waals surface area contributed by atoms with E-state index in [-0.39, 0.29) is 22.3 Å². The number of hydrogen-bond donors (Lipinski definition) is 2. The zero-order valence-electron chi connectivity index (χ0n) is 14.7. The van der Waals surface area contributed by atoms with Crippen molar-refractivity contribution in [1.29, 1.82) is 0 Å². The molecule has 152 valence electrons. The van der Waals surface area contributed by atoms with Crippen LogP contribution < -0.4 is 14.8 Å². The lowest BCUT2D eigenvalue weighted by Gasteiger charge is -2.14. The van der Waals surface area contributed by atoms with Gasteiger partial charge in [0.25, 0.3) is 15.9 Å². The fraction of sp³-hybridized carbons (Fsp3) is 0.235. The first-order valence-corrected chi connectivity index (χ1v) is 9.72. The molecule has 11 heteroatoms. The van der Waals surface area contributed by atoms with Gasteiger partial charge in [-0.1, -0.05) is 17.7 Å². The minimum absolute atomic E-state index is 0.00682. The maximum atomic E-state index is 12.5. The number of ether oxygens (including phenoxy) is 1. The molecule has 0 unspecified atom stereocenters. The first kappa shape index (κ1) is 21.8. The molecule has 2 N–H and O–H groups in total. The lowest BCUT2D eigenvalue weighted by atomic mass is 10.2. The molecule has 0 saturated heterocycles. The fourth-order valence-electron chi connectivity index (χ4n) is 2.13. The van der Waals surface area contributed by atoms with Gasteiger partial charge in [-0.2, -0.15) is 0 Å². The molecule has 0 heterocycles. The minimum atomic E-state index is -4.96. The van der Waals surface area contributed by atoms with Crippen LogP contribution in [0.1, 0.15) is 24.2 Å². The molecule has 0 aliphatic heterocycles. The molecule has 0 radical (unpaired) electrons. The lowest BCUT2D eigenvalue weighted by Crippen LogP contribution is -2.30. The third-order valence-corrected chi connectivity index (χ3v) is 4.93. The summed E-state index contributed by atoms with van der Waals surface area (Å²) in [5.41, 5.74) is 0.0603. The molecule has 0 saturated carbocycles. The second-order valence-electron chi connectivity index (χ2n) is 5.95. The summed E-state index contributed by atoms with van der Waals surface area (Å²) in [4.78, 5) is 11.6. The summed E-state index contributed by atoms with van der Waals surface area (Å²) < 4.78 is 68.0. The Morgan fingerprint density at radius 1 is 1.14 bits per heavy atom. The zero-order valence-corrected chi connectivity index (χ0v) is 16.2. The Hall–Kier alpha value is -2.46. The van der Waals surface area contributed by atoms with Crippen molar-refractivity contribution >= 4 is 33.2 Å². The summed E-state index contributed by atoms with van der Waals surface area (Å²) in [6, 6.07) is 7.72. The van der Waals surface area contributed by atoms with E-state index < -0.39 is 32.9 Å². The molecule has 2 aromatic carbocycles. The normalized spacial score (nSPS) is 12.0. The van der Waals surface area contributed by atoms with Gasteiger partial charge in [-0.3, -0.25) is 9.52 Å². The van der Waals surface area contributed by atoms with Crippen LogP contribution >= 0.6 is 11.6 Å². The standard InChI is InChI=1S/C17H16ClF3N2O4S/c1-10(2)22-16(24)11-6-7-14(18)15(8-11)23-28(25,26)13-5-3-4-12(9-13)27-17(19,20)21/h3-10,23H,1-2H3,(H,22,24). The highest BCUT2D eigenvalue weighted by atomic mass is 35.5. The van der Waals surface area contributed by atoms with Gasteiger partial charge in [0.2, 0.25) is 0 Å². The van der Waals surface area contributed by atoms with Gasteiger partial charge >= 0.3 is 6.36 Å². The van der Waals surface area contributed by atoms with Crippen molar-refractivity contribution in [2.24, 2.45) is 0 Å². The monoisotopic (exact) mass is 436 g/mol. The van der Waals surface area contributed by atoms with Crippen LogP contribution in [0.4, 0.5) is 18.9 Å². The summed E-state index contributed by atoms with van der Waals surface area (Å²) >= 11 is 5.99. The number of sulfonamides is 1. The van der Waals surface area contributed by atoms with Gasteiger partial charge in [-0.15, -0.1) is 13.2 Å². The Labute approximate surface area is 164 Å². The number of benzene rings is 2. The Bertz CT molecular complexity index is 979. The highest BCUT2D eigenvalue weighted by Crippen LogP contribution is 2.28. The van der Waals surface area contributed by atoms with Crippen molar-refractivity contribution in [1.82, 2.24) is 5.32 Å². The Kier molecular flexibility index (Phi) is 6.45. The van der Waals surface area contributed by atoms with E-state index in [0.29, 0.717) is 0 Å². The molecule has 0 spiro atoms. The van der Waals surface area contributed by atoms with Crippen molar-refractivity contribution in [2.75, 3.05) is 4.72 Å². The van der Waals surface area contributed by atoms with Crippen molar-refractivity contribution < 1.29 is 31.1 Å². The number of carbonyl (C=O) groups is 1. The molecule has 0 aliphatic rings. The molecule has 0 bridgehead atoms. The number of alkyl halides is 3. The average Bonchev–Trinajstić information content (AvgIpc) is 2.54. The topological polar surface area (TPSA) is 84.5 Å². The summed E-state index contributed by atoms with van der Waals surface area (Å²) in [6.07, 6.45) is -4.96. The number of hydrogen-bond acceptors (Lipinski definition) is 4. The Morgan fingerprint density at radius 3 is 2.43 bits per heavy atom. The maximum Gasteiger partial charge on any atom is 0.573 e. The number of anilines is 1. The van der Waals surface area contributed by atoms with E-state index in [9.17, 15) is 26.4 Å². The van der Waals surface area contributed by atoms with E-state index >= 15 is 0 Å². The molecular formula is C17H16ClF3N2O4S. The number of halogens is 4. The minimum Gasteiger partial charge on any atom is -0.406 e. The van der Waals surface area contributed by atoms with Crippen LogP contribution in [0.3, 0.4) is 0 Å². The predicted octanol–water partition coefficient (Wildman–Crippen LogP) is 4.18. The van der Waals surface area contributed by atoms with Crippen LogP contribution in [0.15, 0.2) is 47.4 Å². The van der Waals surface area contributed by atoms with Crippen molar-refractivity contribution in [3.05, 3.63) is 53.1 Å². The largest absolute Gasteiger partial charge is 0.573 e. The van der Waals surface area contributed by atoms with Gasteiger partial charge < -0.3 is 10.1 Å². The molecular weight excluding hydrogens is 421 g/mol. The van der Waals surface area contributed by atoms with Gasteiger partial charge in [-0.05, 0) is 44.2 Å². The predicted molar refractivity (Wildman–Crippen MR) is 98.0 cm³/mol. The van der Waals surface area contributed by atoms with E-state index in [0.717, 1.165) is 24.3 Å². The molecule has 2 aromatic rings. The highest BCUT2D eigenvalue weighted by molar-refractivity contribution is 7.92. The van der Waals surface area contributed by atoms with E-state index in [2.05, 4.69) is 14.8 Å². The number of rotatable bonds is 6. The molecule has 0 aliphatic carbocycles. The molecule has 0 atom stereocenters. The second kappa shape index (κ2) is 8.27. The third kappa shape index (κ3) is 6.03. The number of nitrogens with one attached hydrogen (secondary N) is 2. The second-order valence-corrected chi connectivity index (χ2v) is 8.04. The fourth-order valence-corrected chi connectivity index (χ4v) is 3.46. The van der Waals surface area contributed by atoms with Crippen LogP contribution in [0.2, 0.25) is 5.02 Å². The summed E-state index contributed by atoms with van der Waals surface area (Å²) in [5, 5.41) is 2.65. The Morgan fingerprint density at radius 2 is 1.82 bits per heavy atom. The summed E-state index contributed by atoms with van der Waals surface area (Å²) in [7, 11) is -4.29. The van der Waals surface area contributed by atoms with Gasteiger partial charge in [0.1, 0.15) is 5.75 Å². The number of amides is 1. The zero-order chi connectivity index (χ0) is 21.1. The molecule has 0 aromatic heterocycles. The Balaban J connectivity index is 2.32. The van der Waals surface area contributed by atoms with Crippen molar-refractivity contribution in [3.63, 3.8) is 0 Å². The smallest absolute Gasteiger partial charge is 0.406 e. The first-order valence-electron chi connectivity index (χ1n) is 7.86. The van der Waals surface area contributed by atoms with E-state index in [4.69, 9.17) is 11.6 Å². The van der Waals surface area contributed by atoms with Crippen LogP contribution in [-0.2, 0) is 10.0 Å². The highest BCUT2D eigenvalue weighted by Gasteiger charge is 2.31. The summed E-state index contributed by atoms with van der Waals surface area (Å²) in [6.45, 7) is 3.51. The number of carbonyl (C=O) groups excluding carboxylic acids is 1.